The molecule has 0 unspecified atom stereocenters. The summed E-state index contributed by atoms with van der Waals surface area (Å²) in [5.41, 5.74) is 1.86. The van der Waals surface area contributed by atoms with Gasteiger partial charge in [-0.15, -0.1) is 0 Å². The molecule has 9 heteroatoms. The SMILES string of the molecule is O=C(COC(=O)c1cc(-c2ccccc2)nc2ccc(Br)cc12)c1ccc(Cl)c([N+](=O)[O-])c1. The Labute approximate surface area is 201 Å². The van der Waals surface area contributed by atoms with Crippen LogP contribution >= 0.6 is 27.5 Å². The number of nitro groups is 1. The fourth-order valence-electron chi connectivity index (χ4n) is 3.24. The van der Waals surface area contributed by atoms with Gasteiger partial charge in [0.2, 0.25) is 5.78 Å². The number of hydrogen-bond acceptors (Lipinski definition) is 6. The lowest BCUT2D eigenvalue weighted by atomic mass is 10.0. The number of fused-ring (bicyclic) bond motifs is 1. The molecule has 3 aromatic carbocycles. The minimum atomic E-state index is -0.713. The Morgan fingerprint density at radius 3 is 2.52 bits per heavy atom. The lowest BCUT2D eigenvalue weighted by Crippen LogP contribution is -2.15. The largest absolute Gasteiger partial charge is 0.454 e. The van der Waals surface area contributed by atoms with Gasteiger partial charge in [0.25, 0.3) is 5.69 Å². The second kappa shape index (κ2) is 9.48. The molecule has 164 valence electrons. The van der Waals surface area contributed by atoms with Crippen LogP contribution in [-0.4, -0.2) is 28.3 Å². The van der Waals surface area contributed by atoms with Gasteiger partial charge in [0.05, 0.1) is 21.7 Å². The van der Waals surface area contributed by atoms with Crippen molar-refractivity contribution in [2.24, 2.45) is 0 Å². The highest BCUT2D eigenvalue weighted by Crippen LogP contribution is 2.28. The third kappa shape index (κ3) is 4.92. The molecule has 1 heterocycles. The summed E-state index contributed by atoms with van der Waals surface area (Å²) in [7, 11) is 0. The average Bonchev–Trinajstić information content (AvgIpc) is 2.82. The number of rotatable bonds is 6. The van der Waals surface area contributed by atoms with Crippen LogP contribution in [0.5, 0.6) is 0 Å². The monoisotopic (exact) mass is 524 g/mol. The first-order chi connectivity index (χ1) is 15.8. The van der Waals surface area contributed by atoms with Crippen LogP contribution in [0.15, 0.2) is 77.3 Å². The van der Waals surface area contributed by atoms with Crippen molar-refractivity contribution in [3.63, 3.8) is 0 Å². The minimum Gasteiger partial charge on any atom is -0.454 e. The van der Waals surface area contributed by atoms with E-state index in [-0.39, 0.29) is 16.1 Å². The molecule has 1 aromatic heterocycles. The van der Waals surface area contributed by atoms with Gasteiger partial charge >= 0.3 is 5.97 Å². The van der Waals surface area contributed by atoms with E-state index in [0.29, 0.717) is 16.6 Å². The van der Waals surface area contributed by atoms with Crippen molar-refractivity contribution >= 4 is 55.9 Å². The first-order valence-corrected chi connectivity index (χ1v) is 10.8. The molecule has 33 heavy (non-hydrogen) atoms. The lowest BCUT2D eigenvalue weighted by Gasteiger charge is -2.10. The van der Waals surface area contributed by atoms with Gasteiger partial charge < -0.3 is 4.74 Å². The smallest absolute Gasteiger partial charge is 0.339 e. The van der Waals surface area contributed by atoms with Crippen molar-refractivity contribution in [2.75, 3.05) is 6.61 Å². The molecule has 0 spiro atoms. The average molecular weight is 526 g/mol. The fraction of sp³-hybridized carbons (Fsp3) is 0.0417. The molecule has 0 saturated heterocycles. The Kier molecular flexibility index (Phi) is 6.48. The Morgan fingerprint density at radius 1 is 1.03 bits per heavy atom. The molecule has 0 aliphatic rings. The van der Waals surface area contributed by atoms with Crippen molar-refractivity contribution in [1.82, 2.24) is 4.98 Å². The summed E-state index contributed by atoms with van der Waals surface area (Å²) in [6, 6.07) is 20.0. The molecule has 0 aliphatic heterocycles. The topological polar surface area (TPSA) is 99.4 Å². The molecule has 0 radical (unpaired) electrons. The molecule has 0 saturated carbocycles. The van der Waals surface area contributed by atoms with E-state index < -0.39 is 29.0 Å². The maximum Gasteiger partial charge on any atom is 0.339 e. The fourth-order valence-corrected chi connectivity index (χ4v) is 3.79. The number of pyridine rings is 1. The second-order valence-corrected chi connectivity index (χ2v) is 8.33. The number of aromatic nitrogens is 1. The highest BCUT2D eigenvalue weighted by Gasteiger charge is 2.20. The van der Waals surface area contributed by atoms with Crippen LogP contribution in [-0.2, 0) is 4.74 Å². The second-order valence-electron chi connectivity index (χ2n) is 7.01. The number of ether oxygens (including phenoxy) is 1. The van der Waals surface area contributed by atoms with Crippen LogP contribution in [0.2, 0.25) is 5.02 Å². The van der Waals surface area contributed by atoms with E-state index in [9.17, 15) is 19.7 Å². The number of nitrogens with zero attached hydrogens (tertiary/aromatic N) is 2. The molecule has 7 nitrogen and oxygen atoms in total. The van der Waals surface area contributed by atoms with Gasteiger partial charge in [0.1, 0.15) is 5.02 Å². The molecule has 0 atom stereocenters. The molecule has 0 bridgehead atoms. The van der Waals surface area contributed by atoms with Crippen LogP contribution < -0.4 is 0 Å². The Morgan fingerprint density at radius 2 is 1.79 bits per heavy atom. The number of halogens is 2. The third-order valence-electron chi connectivity index (χ3n) is 4.86. The first kappa shape index (κ1) is 22.6. The van der Waals surface area contributed by atoms with Crippen molar-refractivity contribution in [3.8, 4) is 11.3 Å². The number of Topliss-reactive ketones (excluding diaryl/α,β-unsaturated/α-hetero) is 1. The number of hydrogen-bond donors (Lipinski definition) is 0. The summed E-state index contributed by atoms with van der Waals surface area (Å²) in [5.74, 6) is -1.31. The van der Waals surface area contributed by atoms with E-state index in [4.69, 9.17) is 16.3 Å². The molecule has 4 rings (SSSR count). The molecule has 0 amide bonds. The van der Waals surface area contributed by atoms with Gasteiger partial charge in [0, 0.05) is 27.1 Å². The zero-order chi connectivity index (χ0) is 23.5. The standard InChI is InChI=1S/C24H14BrClN2O5/c25-16-7-9-20-17(11-16)18(12-21(27-20)14-4-2-1-3-5-14)24(30)33-13-23(29)15-6-8-19(26)22(10-15)28(31)32/h1-12H,13H2. The van der Waals surface area contributed by atoms with E-state index in [1.165, 1.54) is 12.1 Å². The van der Waals surface area contributed by atoms with Gasteiger partial charge in [-0.3, -0.25) is 14.9 Å². The minimum absolute atomic E-state index is 0.0196. The molecule has 4 aromatic rings. The number of esters is 1. The van der Waals surface area contributed by atoms with Crippen molar-refractivity contribution in [2.45, 2.75) is 0 Å². The van der Waals surface area contributed by atoms with Gasteiger partial charge in [-0.1, -0.05) is 57.9 Å². The van der Waals surface area contributed by atoms with Gasteiger partial charge in [-0.05, 0) is 36.4 Å². The molecule has 0 fully saturated rings. The highest BCUT2D eigenvalue weighted by atomic mass is 79.9. The summed E-state index contributed by atoms with van der Waals surface area (Å²) >= 11 is 9.19. The molecular weight excluding hydrogens is 512 g/mol. The summed E-state index contributed by atoms with van der Waals surface area (Å²) in [6.45, 7) is -0.587. The number of benzene rings is 3. The van der Waals surface area contributed by atoms with E-state index >= 15 is 0 Å². The van der Waals surface area contributed by atoms with Crippen molar-refractivity contribution < 1.29 is 19.2 Å². The van der Waals surface area contributed by atoms with Crippen LogP contribution in [0, 0.1) is 10.1 Å². The quantitative estimate of drug-likeness (QED) is 0.127. The van der Waals surface area contributed by atoms with E-state index in [0.717, 1.165) is 16.1 Å². The number of nitro benzene ring substituents is 1. The summed E-state index contributed by atoms with van der Waals surface area (Å²) in [4.78, 5) is 40.5. The van der Waals surface area contributed by atoms with E-state index in [1.54, 1.807) is 18.2 Å². The number of carbonyl (C=O) groups excluding carboxylic acids is 2. The maximum absolute atomic E-state index is 13.0. The highest BCUT2D eigenvalue weighted by molar-refractivity contribution is 9.10. The normalized spacial score (nSPS) is 10.7. The van der Waals surface area contributed by atoms with Gasteiger partial charge in [0.15, 0.2) is 6.61 Å². The summed E-state index contributed by atoms with van der Waals surface area (Å²) in [6.07, 6.45) is 0. The zero-order valence-corrected chi connectivity index (χ0v) is 19.2. The zero-order valence-electron chi connectivity index (χ0n) is 16.8. The first-order valence-electron chi connectivity index (χ1n) is 9.63. The van der Waals surface area contributed by atoms with Crippen LogP contribution in [0.4, 0.5) is 5.69 Å². The van der Waals surface area contributed by atoms with Crippen LogP contribution in [0.3, 0.4) is 0 Å². The molecule has 0 aliphatic carbocycles. The number of carbonyl (C=O) groups is 2. The predicted molar refractivity (Wildman–Crippen MR) is 128 cm³/mol. The van der Waals surface area contributed by atoms with Crippen molar-refractivity contribution in [1.29, 1.82) is 0 Å². The number of ketones is 1. The van der Waals surface area contributed by atoms with Crippen LogP contribution in [0.25, 0.3) is 22.2 Å². The third-order valence-corrected chi connectivity index (χ3v) is 5.67. The van der Waals surface area contributed by atoms with Crippen LogP contribution in [0.1, 0.15) is 20.7 Å². The molecular formula is C24H14BrClN2O5. The van der Waals surface area contributed by atoms with E-state index in [1.807, 2.05) is 36.4 Å². The summed E-state index contributed by atoms with van der Waals surface area (Å²) in [5, 5.41) is 11.5. The van der Waals surface area contributed by atoms with Gasteiger partial charge in [-0.25, -0.2) is 9.78 Å². The van der Waals surface area contributed by atoms with Gasteiger partial charge in [-0.2, -0.15) is 0 Å². The predicted octanol–water partition coefficient (Wildman–Crippen LogP) is 6.27. The Bertz CT molecular complexity index is 1410. The Balaban J connectivity index is 1.64. The maximum atomic E-state index is 13.0. The molecule has 0 N–H and O–H groups in total. The summed E-state index contributed by atoms with van der Waals surface area (Å²) < 4.78 is 6.03. The van der Waals surface area contributed by atoms with Crippen molar-refractivity contribution in [3.05, 3.63) is 104 Å². The van der Waals surface area contributed by atoms with E-state index in [2.05, 4.69) is 20.9 Å². The lowest BCUT2D eigenvalue weighted by molar-refractivity contribution is -0.384. The Hall–Kier alpha value is -3.62.